The maximum Gasteiger partial charge on any atom is 0.260 e. The molecule has 3 nitrogen and oxygen atoms in total. The molecule has 1 aromatic carbocycles. The summed E-state index contributed by atoms with van der Waals surface area (Å²) in [6.07, 6.45) is 0. The maximum atomic E-state index is 11.3. The zero-order chi connectivity index (χ0) is 9.64. The van der Waals surface area contributed by atoms with Gasteiger partial charge in [0.25, 0.3) is 5.91 Å². The Labute approximate surface area is 76.4 Å². The van der Waals surface area contributed by atoms with E-state index in [1.807, 2.05) is 19.1 Å². The molecule has 13 heavy (non-hydrogen) atoms. The monoisotopic (exact) mass is 177 g/mol. The number of aliphatic hydroxyl groups is 1. The molecule has 1 aliphatic heterocycles. The number of hydrogen-bond acceptors (Lipinski definition) is 2. The molecule has 2 N–H and O–H groups in total. The third-order valence-corrected chi connectivity index (χ3v) is 2.45. The summed E-state index contributed by atoms with van der Waals surface area (Å²) in [5, 5.41) is 12.5. The minimum atomic E-state index is -1.37. The van der Waals surface area contributed by atoms with E-state index in [9.17, 15) is 9.90 Å². The van der Waals surface area contributed by atoms with Crippen molar-refractivity contribution in [3.8, 4) is 0 Å². The summed E-state index contributed by atoms with van der Waals surface area (Å²) in [7, 11) is 0. The van der Waals surface area contributed by atoms with Crippen molar-refractivity contribution < 1.29 is 9.90 Å². The van der Waals surface area contributed by atoms with E-state index in [0.29, 0.717) is 5.56 Å². The first kappa shape index (κ1) is 8.26. The molecule has 3 heteroatoms. The highest BCUT2D eigenvalue weighted by Crippen LogP contribution is 2.37. The number of rotatable bonds is 0. The van der Waals surface area contributed by atoms with Crippen molar-refractivity contribution in [1.82, 2.24) is 0 Å². The molecule has 0 bridgehead atoms. The molecule has 1 atom stereocenters. The summed E-state index contributed by atoms with van der Waals surface area (Å²) in [5.74, 6) is -0.350. The second kappa shape index (κ2) is 2.33. The molecule has 0 radical (unpaired) electrons. The predicted octanol–water partition coefficient (Wildman–Crippen LogP) is 1.15. The lowest BCUT2D eigenvalue weighted by Crippen LogP contribution is -2.30. The van der Waals surface area contributed by atoms with Crippen LogP contribution in [-0.2, 0) is 10.4 Å². The second-order valence-electron chi connectivity index (χ2n) is 3.52. The first-order valence-electron chi connectivity index (χ1n) is 4.17. The number of aryl methyl sites for hydroxylation is 1. The van der Waals surface area contributed by atoms with Gasteiger partial charge in [-0.1, -0.05) is 12.1 Å². The number of carbonyl (C=O) groups excluding carboxylic acids is 1. The number of benzene rings is 1. The van der Waals surface area contributed by atoms with Gasteiger partial charge in [-0.05, 0) is 25.5 Å². The molecule has 1 aliphatic rings. The van der Waals surface area contributed by atoms with Crippen molar-refractivity contribution in [3.05, 3.63) is 29.3 Å². The van der Waals surface area contributed by atoms with Crippen molar-refractivity contribution in [2.24, 2.45) is 0 Å². The molecule has 1 heterocycles. The SMILES string of the molecule is Cc1cccc2c1C(C)(O)C(=O)N2. The quantitative estimate of drug-likeness (QED) is 0.624. The normalized spacial score (nSPS) is 25.6. The summed E-state index contributed by atoms with van der Waals surface area (Å²) in [4.78, 5) is 11.3. The standard InChI is InChI=1S/C10H11NO2/c1-6-4-3-5-7-8(6)10(2,13)9(12)11-7/h3-5,13H,1-2H3,(H,11,12). The van der Waals surface area contributed by atoms with Gasteiger partial charge >= 0.3 is 0 Å². The first-order valence-corrected chi connectivity index (χ1v) is 4.17. The largest absolute Gasteiger partial charge is 0.375 e. The van der Waals surface area contributed by atoms with Crippen molar-refractivity contribution in [2.75, 3.05) is 5.32 Å². The van der Waals surface area contributed by atoms with E-state index in [-0.39, 0.29) is 5.91 Å². The Kier molecular flexibility index (Phi) is 1.48. The molecule has 1 aromatic rings. The molecule has 1 unspecified atom stereocenters. The van der Waals surface area contributed by atoms with Gasteiger partial charge in [0.1, 0.15) is 0 Å². The number of anilines is 1. The van der Waals surface area contributed by atoms with Gasteiger partial charge in [-0.2, -0.15) is 0 Å². The Morgan fingerprint density at radius 3 is 2.77 bits per heavy atom. The van der Waals surface area contributed by atoms with Crippen LogP contribution in [-0.4, -0.2) is 11.0 Å². The van der Waals surface area contributed by atoms with Crippen LogP contribution < -0.4 is 5.32 Å². The van der Waals surface area contributed by atoms with E-state index in [1.54, 1.807) is 6.07 Å². The summed E-state index contributed by atoms with van der Waals surface area (Å²) in [6.45, 7) is 3.40. The lowest BCUT2D eigenvalue weighted by molar-refractivity contribution is -0.131. The van der Waals surface area contributed by atoms with Gasteiger partial charge in [-0.3, -0.25) is 4.79 Å². The van der Waals surface area contributed by atoms with Crippen LogP contribution in [0.3, 0.4) is 0 Å². The van der Waals surface area contributed by atoms with Crippen LogP contribution in [0.2, 0.25) is 0 Å². The first-order chi connectivity index (χ1) is 6.03. The molecule has 68 valence electrons. The molecule has 0 spiro atoms. The minimum absolute atomic E-state index is 0.350. The molecule has 0 aromatic heterocycles. The lowest BCUT2D eigenvalue weighted by atomic mass is 9.94. The van der Waals surface area contributed by atoms with Crippen molar-refractivity contribution in [1.29, 1.82) is 0 Å². The van der Waals surface area contributed by atoms with Gasteiger partial charge in [0.05, 0.1) is 0 Å². The number of hydrogen-bond donors (Lipinski definition) is 2. The lowest BCUT2D eigenvalue weighted by Gasteiger charge is -2.15. The molecule has 0 fully saturated rings. The van der Waals surface area contributed by atoms with Crippen molar-refractivity contribution in [2.45, 2.75) is 19.4 Å². The summed E-state index contributed by atoms with van der Waals surface area (Å²) < 4.78 is 0. The van der Waals surface area contributed by atoms with Crippen molar-refractivity contribution in [3.63, 3.8) is 0 Å². The average molecular weight is 177 g/mol. The molecule has 2 rings (SSSR count). The van der Waals surface area contributed by atoms with Crippen LogP contribution in [0.25, 0.3) is 0 Å². The van der Waals surface area contributed by atoms with E-state index < -0.39 is 5.60 Å². The van der Waals surface area contributed by atoms with E-state index >= 15 is 0 Å². The highest BCUT2D eigenvalue weighted by atomic mass is 16.3. The van der Waals surface area contributed by atoms with E-state index in [0.717, 1.165) is 11.3 Å². The highest BCUT2D eigenvalue weighted by molar-refractivity contribution is 6.05. The molecule has 0 saturated heterocycles. The van der Waals surface area contributed by atoms with Gasteiger partial charge < -0.3 is 10.4 Å². The van der Waals surface area contributed by atoms with Gasteiger partial charge in [0, 0.05) is 11.3 Å². The topological polar surface area (TPSA) is 49.3 Å². The van der Waals surface area contributed by atoms with Crippen molar-refractivity contribution >= 4 is 11.6 Å². The Hall–Kier alpha value is -1.35. The smallest absolute Gasteiger partial charge is 0.260 e. The summed E-state index contributed by atoms with van der Waals surface area (Å²) in [6, 6.07) is 5.53. The van der Waals surface area contributed by atoms with Gasteiger partial charge in [0.2, 0.25) is 0 Å². The van der Waals surface area contributed by atoms with Crippen LogP contribution in [0, 0.1) is 6.92 Å². The van der Waals surface area contributed by atoms with Crippen LogP contribution >= 0.6 is 0 Å². The van der Waals surface area contributed by atoms with Crippen LogP contribution in [0.4, 0.5) is 5.69 Å². The third kappa shape index (κ3) is 0.971. The van der Waals surface area contributed by atoms with E-state index in [1.165, 1.54) is 6.92 Å². The van der Waals surface area contributed by atoms with Crippen LogP contribution in [0.5, 0.6) is 0 Å². The van der Waals surface area contributed by atoms with E-state index in [2.05, 4.69) is 5.32 Å². The molecule has 0 saturated carbocycles. The fourth-order valence-electron chi connectivity index (χ4n) is 1.78. The number of fused-ring (bicyclic) bond motifs is 1. The van der Waals surface area contributed by atoms with Gasteiger partial charge in [-0.25, -0.2) is 0 Å². The highest BCUT2D eigenvalue weighted by Gasteiger charge is 2.41. The zero-order valence-corrected chi connectivity index (χ0v) is 7.59. The number of nitrogens with one attached hydrogen (secondary N) is 1. The van der Waals surface area contributed by atoms with Crippen LogP contribution in [0.1, 0.15) is 18.1 Å². The summed E-state index contributed by atoms with van der Waals surface area (Å²) >= 11 is 0. The van der Waals surface area contributed by atoms with E-state index in [4.69, 9.17) is 0 Å². The van der Waals surface area contributed by atoms with Gasteiger partial charge in [0.15, 0.2) is 5.60 Å². The Morgan fingerprint density at radius 2 is 2.15 bits per heavy atom. The Balaban J connectivity index is 2.70. The second-order valence-corrected chi connectivity index (χ2v) is 3.52. The van der Waals surface area contributed by atoms with Crippen LogP contribution in [0.15, 0.2) is 18.2 Å². The average Bonchev–Trinajstić information content (AvgIpc) is 2.24. The predicted molar refractivity (Wildman–Crippen MR) is 49.4 cm³/mol. The Morgan fingerprint density at radius 1 is 1.46 bits per heavy atom. The minimum Gasteiger partial charge on any atom is -0.375 e. The number of carbonyl (C=O) groups is 1. The maximum absolute atomic E-state index is 11.3. The molecular weight excluding hydrogens is 166 g/mol. The fraction of sp³-hybridized carbons (Fsp3) is 0.300. The zero-order valence-electron chi connectivity index (χ0n) is 7.59. The molecule has 1 amide bonds. The molecule has 0 aliphatic carbocycles. The summed E-state index contributed by atoms with van der Waals surface area (Å²) in [5.41, 5.74) is 0.969. The Bertz CT molecular complexity index is 383. The number of amides is 1. The fourth-order valence-corrected chi connectivity index (χ4v) is 1.78. The molecular formula is C10H11NO2. The third-order valence-electron chi connectivity index (χ3n) is 2.45. The van der Waals surface area contributed by atoms with Gasteiger partial charge in [-0.15, -0.1) is 0 Å².